The van der Waals surface area contributed by atoms with Crippen molar-refractivity contribution in [2.45, 2.75) is 19.3 Å². The second-order valence-electron chi connectivity index (χ2n) is 4.04. The lowest BCUT2D eigenvalue weighted by atomic mass is 9.84. The zero-order valence-electron chi connectivity index (χ0n) is 9.43. The third-order valence-corrected chi connectivity index (χ3v) is 2.83. The molecule has 0 saturated carbocycles. The van der Waals surface area contributed by atoms with E-state index < -0.39 is 5.91 Å². The standard InChI is InChI=1S/C13H13NO3/c1-8(15)12-10(7-11(16)14-13(12)17)9-5-3-2-4-6-9/h2-6,10,15H,7H2,1H3,(H,14,16,17). The maximum absolute atomic E-state index is 11.7. The van der Waals surface area contributed by atoms with Crippen molar-refractivity contribution in [3.05, 3.63) is 47.2 Å². The van der Waals surface area contributed by atoms with Crippen LogP contribution in [0.1, 0.15) is 24.8 Å². The van der Waals surface area contributed by atoms with Crippen LogP contribution in [0.25, 0.3) is 0 Å². The van der Waals surface area contributed by atoms with Gasteiger partial charge < -0.3 is 5.11 Å². The van der Waals surface area contributed by atoms with E-state index in [0.717, 1.165) is 5.56 Å². The number of rotatable bonds is 1. The van der Waals surface area contributed by atoms with E-state index >= 15 is 0 Å². The summed E-state index contributed by atoms with van der Waals surface area (Å²) >= 11 is 0. The molecular formula is C13H13NO3. The van der Waals surface area contributed by atoms with Crippen LogP contribution in [-0.2, 0) is 9.59 Å². The predicted octanol–water partition coefficient (Wildman–Crippen LogP) is 1.65. The topological polar surface area (TPSA) is 66.4 Å². The number of carbonyl (C=O) groups is 2. The Morgan fingerprint density at radius 1 is 1.29 bits per heavy atom. The van der Waals surface area contributed by atoms with E-state index in [-0.39, 0.29) is 29.6 Å². The zero-order chi connectivity index (χ0) is 12.4. The average Bonchev–Trinajstić information content (AvgIpc) is 2.28. The van der Waals surface area contributed by atoms with Crippen LogP contribution in [0, 0.1) is 0 Å². The van der Waals surface area contributed by atoms with Crippen molar-refractivity contribution in [2.24, 2.45) is 0 Å². The van der Waals surface area contributed by atoms with Gasteiger partial charge in [0.25, 0.3) is 5.91 Å². The third kappa shape index (κ3) is 2.20. The van der Waals surface area contributed by atoms with Crippen molar-refractivity contribution in [2.75, 3.05) is 0 Å². The maximum Gasteiger partial charge on any atom is 0.257 e. The predicted molar refractivity (Wildman–Crippen MR) is 62.3 cm³/mol. The normalized spacial score (nSPS) is 23.2. The number of imide groups is 1. The Morgan fingerprint density at radius 3 is 2.53 bits per heavy atom. The van der Waals surface area contributed by atoms with Gasteiger partial charge in [0.05, 0.1) is 11.3 Å². The van der Waals surface area contributed by atoms with Crippen LogP contribution in [0.4, 0.5) is 0 Å². The van der Waals surface area contributed by atoms with Gasteiger partial charge in [-0.25, -0.2) is 0 Å². The lowest BCUT2D eigenvalue weighted by Gasteiger charge is -2.24. The van der Waals surface area contributed by atoms with Gasteiger partial charge in [0.1, 0.15) is 0 Å². The first-order valence-corrected chi connectivity index (χ1v) is 5.38. The van der Waals surface area contributed by atoms with E-state index in [1.807, 2.05) is 30.3 Å². The number of carbonyl (C=O) groups excluding carboxylic acids is 2. The molecule has 88 valence electrons. The van der Waals surface area contributed by atoms with Crippen LogP contribution in [0.15, 0.2) is 41.7 Å². The Hall–Kier alpha value is -2.10. The highest BCUT2D eigenvalue weighted by Gasteiger charge is 2.33. The fourth-order valence-corrected chi connectivity index (χ4v) is 2.08. The molecule has 0 aromatic heterocycles. The first kappa shape index (κ1) is 11.4. The van der Waals surface area contributed by atoms with Crippen molar-refractivity contribution in [3.8, 4) is 0 Å². The molecule has 2 amide bonds. The number of hydrogen-bond acceptors (Lipinski definition) is 3. The maximum atomic E-state index is 11.7. The van der Waals surface area contributed by atoms with Gasteiger partial charge in [0.2, 0.25) is 5.91 Å². The second-order valence-corrected chi connectivity index (χ2v) is 4.04. The van der Waals surface area contributed by atoms with Crippen LogP contribution in [0.3, 0.4) is 0 Å². The van der Waals surface area contributed by atoms with Crippen LogP contribution >= 0.6 is 0 Å². The van der Waals surface area contributed by atoms with E-state index in [1.54, 1.807) is 0 Å². The molecule has 0 radical (unpaired) electrons. The van der Waals surface area contributed by atoms with E-state index in [0.29, 0.717) is 0 Å². The van der Waals surface area contributed by atoms with E-state index in [4.69, 9.17) is 0 Å². The van der Waals surface area contributed by atoms with Gasteiger partial charge in [0, 0.05) is 12.3 Å². The number of aliphatic hydroxyl groups is 1. The molecule has 1 atom stereocenters. The van der Waals surface area contributed by atoms with Crippen molar-refractivity contribution in [1.29, 1.82) is 0 Å². The first-order valence-electron chi connectivity index (χ1n) is 5.38. The minimum atomic E-state index is -0.505. The lowest BCUT2D eigenvalue weighted by Crippen LogP contribution is -2.40. The van der Waals surface area contributed by atoms with Crippen LogP contribution in [-0.4, -0.2) is 16.9 Å². The highest BCUT2D eigenvalue weighted by molar-refractivity contribution is 6.08. The Bertz CT molecular complexity index is 487. The fourth-order valence-electron chi connectivity index (χ4n) is 2.08. The summed E-state index contributed by atoms with van der Waals surface area (Å²) in [5.74, 6) is -1.21. The summed E-state index contributed by atoms with van der Waals surface area (Å²) in [4.78, 5) is 23.1. The molecule has 1 saturated heterocycles. The molecule has 1 aromatic rings. The number of benzene rings is 1. The smallest absolute Gasteiger partial charge is 0.257 e. The Kier molecular flexibility index (Phi) is 2.95. The van der Waals surface area contributed by atoms with Gasteiger partial charge in [-0.3, -0.25) is 14.9 Å². The Labute approximate surface area is 99.0 Å². The largest absolute Gasteiger partial charge is 0.512 e. The molecule has 2 rings (SSSR count). The molecular weight excluding hydrogens is 218 g/mol. The van der Waals surface area contributed by atoms with Crippen LogP contribution < -0.4 is 5.32 Å². The Balaban J connectivity index is 2.46. The molecule has 4 heteroatoms. The summed E-state index contributed by atoms with van der Waals surface area (Å²) in [6.07, 6.45) is 0.184. The van der Waals surface area contributed by atoms with Crippen molar-refractivity contribution in [3.63, 3.8) is 0 Å². The quantitative estimate of drug-likeness (QED) is 0.438. The van der Waals surface area contributed by atoms with Crippen molar-refractivity contribution < 1.29 is 14.7 Å². The number of aliphatic hydroxyl groups excluding tert-OH is 1. The monoisotopic (exact) mass is 231 g/mol. The fraction of sp³-hybridized carbons (Fsp3) is 0.231. The summed E-state index contributed by atoms with van der Waals surface area (Å²) in [5.41, 5.74) is 1.13. The first-order chi connectivity index (χ1) is 8.09. The van der Waals surface area contributed by atoms with Gasteiger partial charge in [-0.15, -0.1) is 0 Å². The molecule has 1 unspecified atom stereocenters. The molecule has 17 heavy (non-hydrogen) atoms. The number of amides is 2. The van der Waals surface area contributed by atoms with Gasteiger partial charge in [-0.2, -0.15) is 0 Å². The molecule has 0 bridgehead atoms. The third-order valence-electron chi connectivity index (χ3n) is 2.83. The van der Waals surface area contributed by atoms with E-state index in [9.17, 15) is 14.7 Å². The molecule has 4 nitrogen and oxygen atoms in total. The molecule has 1 fully saturated rings. The van der Waals surface area contributed by atoms with E-state index in [2.05, 4.69) is 5.32 Å². The van der Waals surface area contributed by atoms with Gasteiger partial charge in [-0.1, -0.05) is 30.3 Å². The molecule has 1 aromatic carbocycles. The van der Waals surface area contributed by atoms with E-state index in [1.165, 1.54) is 6.92 Å². The zero-order valence-corrected chi connectivity index (χ0v) is 9.43. The van der Waals surface area contributed by atoms with Crippen molar-refractivity contribution in [1.82, 2.24) is 5.32 Å². The average molecular weight is 231 g/mol. The lowest BCUT2D eigenvalue weighted by molar-refractivity contribution is -0.130. The number of piperidine rings is 1. The summed E-state index contributed by atoms with van der Waals surface area (Å²) < 4.78 is 0. The van der Waals surface area contributed by atoms with Gasteiger partial charge in [-0.05, 0) is 12.5 Å². The summed E-state index contributed by atoms with van der Waals surface area (Å²) in [6.45, 7) is 1.46. The number of nitrogens with one attached hydrogen (secondary N) is 1. The van der Waals surface area contributed by atoms with Crippen molar-refractivity contribution >= 4 is 11.8 Å². The minimum Gasteiger partial charge on any atom is -0.512 e. The molecule has 1 aliphatic heterocycles. The summed E-state index contributed by atoms with van der Waals surface area (Å²) in [6, 6.07) is 9.25. The summed E-state index contributed by atoms with van der Waals surface area (Å²) in [7, 11) is 0. The number of hydrogen-bond donors (Lipinski definition) is 2. The summed E-state index contributed by atoms with van der Waals surface area (Å²) in [5, 5.41) is 11.8. The molecule has 0 aliphatic carbocycles. The van der Waals surface area contributed by atoms with Gasteiger partial charge >= 0.3 is 0 Å². The SMILES string of the molecule is CC(O)=C1C(=O)NC(=O)CC1c1ccccc1. The molecule has 2 N–H and O–H groups in total. The van der Waals surface area contributed by atoms with Crippen LogP contribution in [0.5, 0.6) is 0 Å². The minimum absolute atomic E-state index is 0.0381. The highest BCUT2D eigenvalue weighted by Crippen LogP contribution is 2.32. The van der Waals surface area contributed by atoms with Gasteiger partial charge in [0.15, 0.2) is 0 Å². The molecule has 1 aliphatic rings. The second kappa shape index (κ2) is 4.41. The highest BCUT2D eigenvalue weighted by atomic mass is 16.3. The Morgan fingerprint density at radius 2 is 1.94 bits per heavy atom. The molecule has 1 heterocycles. The number of allylic oxidation sites excluding steroid dienone is 1. The molecule has 0 spiro atoms. The van der Waals surface area contributed by atoms with Crippen LogP contribution in [0.2, 0.25) is 0 Å².